The molecule has 0 aliphatic carbocycles. The third kappa shape index (κ3) is 4.73. The Bertz CT molecular complexity index is 1210. The normalized spacial score (nSPS) is 18.9. The Labute approximate surface area is 191 Å². The van der Waals surface area contributed by atoms with E-state index in [1.807, 2.05) is 18.2 Å². The number of benzene rings is 3. The van der Waals surface area contributed by atoms with Crippen LogP contribution in [0.3, 0.4) is 0 Å². The van der Waals surface area contributed by atoms with Gasteiger partial charge in [0.15, 0.2) is 0 Å². The Morgan fingerprint density at radius 2 is 1.91 bits per heavy atom. The molecule has 0 saturated carbocycles. The number of anilines is 3. The number of hydrogen-bond donors (Lipinski definition) is 3. The van der Waals surface area contributed by atoms with Crippen molar-refractivity contribution in [1.29, 1.82) is 0 Å². The molecule has 1 atom stereocenters. The van der Waals surface area contributed by atoms with Crippen LogP contribution in [-0.2, 0) is 11.3 Å². The number of carbonyl (C=O) groups excluding carboxylic acids is 1. The first kappa shape index (κ1) is 21.2. The van der Waals surface area contributed by atoms with Gasteiger partial charge < -0.3 is 16.0 Å². The Morgan fingerprint density at radius 1 is 1.06 bits per heavy atom. The van der Waals surface area contributed by atoms with E-state index < -0.39 is 5.82 Å². The van der Waals surface area contributed by atoms with Crippen LogP contribution in [0.2, 0.25) is 0 Å². The Morgan fingerprint density at radius 3 is 2.73 bits per heavy atom. The lowest BCUT2D eigenvalue weighted by Crippen LogP contribution is -2.26. The molecule has 168 valence electrons. The highest BCUT2D eigenvalue weighted by atomic mass is 19.1. The molecule has 1 unspecified atom stereocenters. The zero-order chi connectivity index (χ0) is 22.8. The molecule has 3 N–H and O–H groups in total. The van der Waals surface area contributed by atoms with Gasteiger partial charge in [0.25, 0.3) is 5.91 Å². The third-order valence-corrected chi connectivity index (χ3v) is 6.00. The van der Waals surface area contributed by atoms with E-state index in [9.17, 15) is 13.6 Å². The minimum absolute atomic E-state index is 0.178. The molecule has 1 saturated heterocycles. The molecule has 5 nitrogen and oxygen atoms in total. The molecule has 0 bridgehead atoms. The summed E-state index contributed by atoms with van der Waals surface area (Å²) in [6, 6.07) is 19.4. The second-order valence-electron chi connectivity index (χ2n) is 8.39. The number of carbonyl (C=O) groups is 1. The van der Waals surface area contributed by atoms with Gasteiger partial charge in [0.2, 0.25) is 0 Å². The molecule has 2 aliphatic rings. The molecule has 5 rings (SSSR count). The maximum absolute atomic E-state index is 14.8. The SMILES string of the molecule is O=C1Nc2ccc(F)cc2C1=CNc1ccc(NC2CCN(Cc3ccccc3)C2)c(F)c1. The van der Waals surface area contributed by atoms with E-state index in [4.69, 9.17) is 0 Å². The first-order chi connectivity index (χ1) is 16.0. The van der Waals surface area contributed by atoms with E-state index in [0.29, 0.717) is 28.2 Å². The summed E-state index contributed by atoms with van der Waals surface area (Å²) in [5.41, 5.74) is 3.56. The van der Waals surface area contributed by atoms with Gasteiger partial charge in [-0.1, -0.05) is 30.3 Å². The smallest absolute Gasteiger partial charge is 0.257 e. The molecular formula is C26H24F2N4O. The fourth-order valence-electron chi connectivity index (χ4n) is 4.34. The number of halogens is 2. The minimum Gasteiger partial charge on any atom is -0.379 e. The van der Waals surface area contributed by atoms with Crippen LogP contribution in [0, 0.1) is 11.6 Å². The van der Waals surface area contributed by atoms with Gasteiger partial charge in [-0.05, 0) is 48.4 Å². The van der Waals surface area contributed by atoms with Crippen molar-refractivity contribution in [2.24, 2.45) is 0 Å². The summed E-state index contributed by atoms with van der Waals surface area (Å²) in [6.45, 7) is 2.71. The average molecular weight is 447 g/mol. The Kier molecular flexibility index (Phi) is 5.79. The van der Waals surface area contributed by atoms with Crippen LogP contribution in [0.1, 0.15) is 17.5 Å². The molecular weight excluding hydrogens is 422 g/mol. The van der Waals surface area contributed by atoms with Crippen molar-refractivity contribution in [1.82, 2.24) is 4.90 Å². The highest BCUT2D eigenvalue weighted by Gasteiger charge is 2.25. The fourth-order valence-corrected chi connectivity index (χ4v) is 4.34. The lowest BCUT2D eigenvalue weighted by Gasteiger charge is -2.18. The van der Waals surface area contributed by atoms with Crippen LogP contribution in [0.4, 0.5) is 25.8 Å². The van der Waals surface area contributed by atoms with E-state index in [0.717, 1.165) is 26.1 Å². The number of nitrogens with zero attached hydrogens (tertiary/aromatic N) is 1. The number of fused-ring (bicyclic) bond motifs is 1. The van der Waals surface area contributed by atoms with Gasteiger partial charge in [-0.3, -0.25) is 9.69 Å². The lowest BCUT2D eigenvalue weighted by molar-refractivity contribution is -0.110. The largest absolute Gasteiger partial charge is 0.379 e. The van der Waals surface area contributed by atoms with Crippen molar-refractivity contribution in [2.75, 3.05) is 29.0 Å². The molecule has 2 heterocycles. The van der Waals surface area contributed by atoms with E-state index >= 15 is 0 Å². The predicted octanol–water partition coefficient (Wildman–Crippen LogP) is 5.06. The molecule has 33 heavy (non-hydrogen) atoms. The molecule has 7 heteroatoms. The maximum atomic E-state index is 14.8. The van der Waals surface area contributed by atoms with Crippen molar-refractivity contribution in [3.63, 3.8) is 0 Å². The summed E-state index contributed by atoms with van der Waals surface area (Å²) in [6.07, 6.45) is 2.42. The zero-order valence-corrected chi connectivity index (χ0v) is 17.9. The molecule has 0 radical (unpaired) electrons. The topological polar surface area (TPSA) is 56.4 Å². The van der Waals surface area contributed by atoms with Crippen LogP contribution < -0.4 is 16.0 Å². The van der Waals surface area contributed by atoms with E-state index in [1.165, 1.54) is 36.0 Å². The maximum Gasteiger partial charge on any atom is 0.257 e. The van der Waals surface area contributed by atoms with Crippen LogP contribution >= 0.6 is 0 Å². The van der Waals surface area contributed by atoms with Crippen molar-refractivity contribution in [3.8, 4) is 0 Å². The van der Waals surface area contributed by atoms with Gasteiger partial charge in [-0.25, -0.2) is 8.78 Å². The second kappa shape index (κ2) is 9.03. The van der Waals surface area contributed by atoms with Crippen LogP contribution in [0.25, 0.3) is 5.57 Å². The zero-order valence-electron chi connectivity index (χ0n) is 17.9. The van der Waals surface area contributed by atoms with Crippen molar-refractivity contribution in [3.05, 3.63) is 95.7 Å². The summed E-state index contributed by atoms with van der Waals surface area (Å²) in [7, 11) is 0. The van der Waals surface area contributed by atoms with Gasteiger partial charge in [-0.2, -0.15) is 0 Å². The molecule has 1 amide bonds. The van der Waals surface area contributed by atoms with Gasteiger partial charge in [0.05, 0.1) is 11.3 Å². The summed E-state index contributed by atoms with van der Waals surface area (Å²) in [4.78, 5) is 14.6. The standard InChI is InChI=1S/C26H24F2N4O/c27-18-6-8-24-21(12-18)22(26(33)31-24)14-29-19-7-9-25(23(28)13-19)30-20-10-11-32(16-20)15-17-4-2-1-3-5-17/h1-9,12-14,20,29-30H,10-11,15-16H2,(H,31,33). The summed E-state index contributed by atoms with van der Waals surface area (Å²) >= 11 is 0. The summed E-state index contributed by atoms with van der Waals surface area (Å²) < 4.78 is 28.3. The highest BCUT2D eigenvalue weighted by Crippen LogP contribution is 2.32. The number of hydrogen-bond acceptors (Lipinski definition) is 4. The molecule has 0 aromatic heterocycles. The fraction of sp³-hybridized carbons (Fsp3) is 0.192. The first-order valence-electron chi connectivity index (χ1n) is 11.0. The number of nitrogens with one attached hydrogen (secondary N) is 3. The molecule has 0 spiro atoms. The molecule has 3 aromatic rings. The van der Waals surface area contributed by atoms with Crippen LogP contribution in [0.5, 0.6) is 0 Å². The summed E-state index contributed by atoms with van der Waals surface area (Å²) in [5, 5.41) is 8.95. The molecule has 3 aromatic carbocycles. The van der Waals surface area contributed by atoms with Crippen LogP contribution in [-0.4, -0.2) is 29.9 Å². The van der Waals surface area contributed by atoms with Crippen molar-refractivity contribution in [2.45, 2.75) is 19.0 Å². The van der Waals surface area contributed by atoms with E-state index in [2.05, 4.69) is 33.0 Å². The van der Waals surface area contributed by atoms with Crippen molar-refractivity contribution < 1.29 is 13.6 Å². The monoisotopic (exact) mass is 446 g/mol. The van der Waals surface area contributed by atoms with Gasteiger partial charge in [0, 0.05) is 48.8 Å². The van der Waals surface area contributed by atoms with Crippen molar-refractivity contribution >= 4 is 28.5 Å². The van der Waals surface area contributed by atoms with E-state index in [1.54, 1.807) is 12.1 Å². The third-order valence-electron chi connectivity index (χ3n) is 6.00. The molecule has 1 fully saturated rings. The quantitative estimate of drug-likeness (QED) is 0.464. The number of amides is 1. The summed E-state index contributed by atoms with van der Waals surface area (Å²) in [5.74, 6) is -1.13. The molecule has 2 aliphatic heterocycles. The minimum atomic E-state index is -0.424. The van der Waals surface area contributed by atoms with Gasteiger partial charge in [-0.15, -0.1) is 0 Å². The average Bonchev–Trinajstić information content (AvgIpc) is 3.37. The van der Waals surface area contributed by atoms with Gasteiger partial charge >= 0.3 is 0 Å². The first-order valence-corrected chi connectivity index (χ1v) is 11.0. The lowest BCUT2D eigenvalue weighted by atomic mass is 10.1. The Balaban J connectivity index is 1.21. The predicted molar refractivity (Wildman–Crippen MR) is 127 cm³/mol. The number of likely N-dealkylation sites (tertiary alicyclic amines) is 1. The number of rotatable bonds is 6. The second-order valence-corrected chi connectivity index (χ2v) is 8.39. The van der Waals surface area contributed by atoms with E-state index in [-0.39, 0.29) is 17.8 Å². The Hall–Kier alpha value is -3.71. The van der Waals surface area contributed by atoms with Crippen LogP contribution in [0.15, 0.2) is 72.9 Å². The van der Waals surface area contributed by atoms with Gasteiger partial charge in [0.1, 0.15) is 11.6 Å². The highest BCUT2D eigenvalue weighted by molar-refractivity contribution is 6.31.